The molecule has 3 N–H and O–H groups in total. The molecule has 1 aliphatic heterocycles. The summed E-state index contributed by atoms with van der Waals surface area (Å²) in [5, 5.41) is 0. The number of aryl methyl sites for hydroxylation is 2. The van der Waals surface area contributed by atoms with Gasteiger partial charge in [-0.25, -0.2) is 0 Å². The van der Waals surface area contributed by atoms with E-state index in [1.54, 1.807) is 0 Å². The van der Waals surface area contributed by atoms with Crippen molar-refractivity contribution in [3.05, 3.63) is 29.1 Å². The third-order valence-corrected chi connectivity index (χ3v) is 4.33. The fraction of sp³-hybridized carbons (Fsp3) is 0.688. The molecule has 0 aliphatic carbocycles. The third kappa shape index (κ3) is 2.87. The van der Waals surface area contributed by atoms with Gasteiger partial charge >= 0.3 is 0 Å². The predicted octanol–water partition coefficient (Wildman–Crippen LogP) is 2.80. The van der Waals surface area contributed by atoms with E-state index < -0.39 is 0 Å². The van der Waals surface area contributed by atoms with Gasteiger partial charge in [0.25, 0.3) is 0 Å². The molecule has 20 heavy (non-hydrogen) atoms. The lowest BCUT2D eigenvalue weighted by atomic mass is 9.79. The van der Waals surface area contributed by atoms with E-state index in [-0.39, 0.29) is 17.2 Å². The first-order valence-electron chi connectivity index (χ1n) is 7.27. The van der Waals surface area contributed by atoms with E-state index in [4.69, 9.17) is 10.6 Å². The third-order valence-electron chi connectivity index (χ3n) is 4.33. The number of hydrazine groups is 1. The summed E-state index contributed by atoms with van der Waals surface area (Å²) < 4.78 is 6.20. The lowest BCUT2D eigenvalue weighted by Crippen LogP contribution is -2.41. The van der Waals surface area contributed by atoms with E-state index in [2.05, 4.69) is 44.2 Å². The van der Waals surface area contributed by atoms with Crippen LogP contribution in [0.4, 0.5) is 0 Å². The summed E-state index contributed by atoms with van der Waals surface area (Å²) in [6.07, 6.45) is 0.974. The van der Waals surface area contributed by atoms with Gasteiger partial charge in [0.15, 0.2) is 0 Å². The first-order valence-corrected chi connectivity index (χ1v) is 7.27. The molecule has 0 spiro atoms. The molecule has 0 radical (unpaired) electrons. The van der Waals surface area contributed by atoms with Gasteiger partial charge in [-0.1, -0.05) is 6.07 Å². The van der Waals surface area contributed by atoms with Gasteiger partial charge in [0.1, 0.15) is 0 Å². The van der Waals surface area contributed by atoms with E-state index in [9.17, 15) is 0 Å². The van der Waals surface area contributed by atoms with E-state index in [0.29, 0.717) is 5.92 Å². The smallest absolute Gasteiger partial charge is 0.0681 e. The van der Waals surface area contributed by atoms with Crippen molar-refractivity contribution in [3.8, 4) is 0 Å². The molecule has 4 nitrogen and oxygen atoms in total. The minimum atomic E-state index is -0.210. The highest BCUT2D eigenvalue weighted by Gasteiger charge is 2.49. The van der Waals surface area contributed by atoms with Crippen molar-refractivity contribution >= 4 is 0 Å². The number of hydrogen-bond acceptors (Lipinski definition) is 4. The minimum absolute atomic E-state index is 0.0554. The lowest BCUT2D eigenvalue weighted by Gasteiger charge is -2.33. The van der Waals surface area contributed by atoms with E-state index in [0.717, 1.165) is 23.4 Å². The molecule has 2 unspecified atom stereocenters. The van der Waals surface area contributed by atoms with Gasteiger partial charge in [-0.05, 0) is 59.6 Å². The maximum Gasteiger partial charge on any atom is 0.0681 e. The maximum atomic E-state index is 6.20. The van der Waals surface area contributed by atoms with Gasteiger partial charge in [-0.2, -0.15) is 0 Å². The average molecular weight is 277 g/mol. The van der Waals surface area contributed by atoms with Crippen molar-refractivity contribution in [1.29, 1.82) is 0 Å². The summed E-state index contributed by atoms with van der Waals surface area (Å²) in [5.41, 5.74) is 5.90. The fourth-order valence-electron chi connectivity index (χ4n) is 3.57. The highest BCUT2D eigenvalue weighted by atomic mass is 16.5. The standard InChI is InChI=1S/C16H27N3O/c1-10-7-8-12(11(2)18-10)14(19-17)13-9-15(3,4)20-16(13,5)6/h7-8,13-14,19H,9,17H2,1-6H3. The van der Waals surface area contributed by atoms with Crippen molar-refractivity contribution in [2.45, 2.75) is 65.2 Å². The second-order valence-electron chi connectivity index (χ2n) is 7.05. The molecule has 0 saturated carbocycles. The first-order chi connectivity index (χ1) is 9.16. The second-order valence-corrected chi connectivity index (χ2v) is 7.05. The molecule has 1 fully saturated rings. The van der Waals surface area contributed by atoms with Crippen molar-refractivity contribution < 1.29 is 4.74 Å². The number of nitrogens with one attached hydrogen (secondary N) is 1. The number of hydrogen-bond donors (Lipinski definition) is 2. The lowest BCUT2D eigenvalue weighted by molar-refractivity contribution is -0.0779. The molecule has 2 atom stereocenters. The Hall–Kier alpha value is -0.970. The Balaban J connectivity index is 2.37. The van der Waals surface area contributed by atoms with Gasteiger partial charge < -0.3 is 4.74 Å². The molecule has 2 rings (SSSR count). The van der Waals surface area contributed by atoms with Crippen LogP contribution in [-0.2, 0) is 4.74 Å². The van der Waals surface area contributed by atoms with E-state index in [1.807, 2.05) is 19.9 Å². The zero-order valence-electron chi connectivity index (χ0n) is 13.4. The fourth-order valence-corrected chi connectivity index (χ4v) is 3.57. The normalized spacial score (nSPS) is 25.6. The van der Waals surface area contributed by atoms with Gasteiger partial charge in [0.2, 0.25) is 0 Å². The van der Waals surface area contributed by atoms with Crippen molar-refractivity contribution in [2.75, 3.05) is 0 Å². The predicted molar refractivity (Wildman–Crippen MR) is 81.1 cm³/mol. The van der Waals surface area contributed by atoms with Crippen molar-refractivity contribution in [3.63, 3.8) is 0 Å². The molecule has 1 aliphatic rings. The van der Waals surface area contributed by atoms with Crippen LogP contribution in [0, 0.1) is 19.8 Å². The molecule has 1 aromatic heterocycles. The molecule has 0 aromatic carbocycles. The number of pyridine rings is 1. The minimum Gasteiger partial charge on any atom is -0.369 e. The van der Waals surface area contributed by atoms with Gasteiger partial charge in [0.05, 0.1) is 17.2 Å². The first kappa shape index (κ1) is 15.4. The monoisotopic (exact) mass is 277 g/mol. The molecule has 2 heterocycles. The summed E-state index contributed by atoms with van der Waals surface area (Å²) >= 11 is 0. The van der Waals surface area contributed by atoms with Crippen LogP contribution in [0.3, 0.4) is 0 Å². The summed E-state index contributed by atoms with van der Waals surface area (Å²) in [5.74, 6) is 6.18. The Morgan fingerprint density at radius 1 is 1.30 bits per heavy atom. The highest BCUT2D eigenvalue weighted by molar-refractivity contribution is 5.27. The van der Waals surface area contributed by atoms with Crippen LogP contribution in [0.15, 0.2) is 12.1 Å². The molecular formula is C16H27N3O. The summed E-state index contributed by atoms with van der Waals surface area (Å²) in [6.45, 7) is 12.6. The van der Waals surface area contributed by atoms with Gasteiger partial charge in [-0.15, -0.1) is 0 Å². The number of nitrogens with zero attached hydrogens (tertiary/aromatic N) is 1. The molecule has 112 valence electrons. The number of ether oxygens (including phenoxy) is 1. The Bertz CT molecular complexity index is 496. The number of rotatable bonds is 3. The van der Waals surface area contributed by atoms with Gasteiger partial charge in [-0.3, -0.25) is 16.3 Å². The van der Waals surface area contributed by atoms with Crippen LogP contribution in [0.2, 0.25) is 0 Å². The Morgan fingerprint density at radius 2 is 1.95 bits per heavy atom. The molecule has 0 amide bonds. The maximum absolute atomic E-state index is 6.20. The Labute approximate surface area is 122 Å². The highest BCUT2D eigenvalue weighted by Crippen LogP contribution is 2.47. The second kappa shape index (κ2) is 5.10. The quantitative estimate of drug-likeness (QED) is 0.659. The average Bonchev–Trinajstić information content (AvgIpc) is 2.51. The van der Waals surface area contributed by atoms with Crippen LogP contribution >= 0.6 is 0 Å². The summed E-state index contributed by atoms with van der Waals surface area (Å²) in [7, 11) is 0. The molecular weight excluding hydrogens is 250 g/mol. The molecule has 4 heteroatoms. The van der Waals surface area contributed by atoms with Crippen molar-refractivity contribution in [2.24, 2.45) is 11.8 Å². The van der Waals surface area contributed by atoms with Crippen LogP contribution in [0.25, 0.3) is 0 Å². The zero-order chi connectivity index (χ0) is 15.1. The molecule has 0 bridgehead atoms. The SMILES string of the molecule is Cc1ccc(C(NN)C2CC(C)(C)OC2(C)C)c(C)n1. The largest absolute Gasteiger partial charge is 0.369 e. The zero-order valence-corrected chi connectivity index (χ0v) is 13.4. The summed E-state index contributed by atoms with van der Waals surface area (Å²) in [4.78, 5) is 4.56. The van der Waals surface area contributed by atoms with Crippen LogP contribution < -0.4 is 11.3 Å². The number of nitrogens with two attached hydrogens (primary N) is 1. The summed E-state index contributed by atoms with van der Waals surface area (Å²) in [6, 6.07) is 4.23. The Morgan fingerprint density at radius 3 is 2.40 bits per heavy atom. The van der Waals surface area contributed by atoms with E-state index >= 15 is 0 Å². The topological polar surface area (TPSA) is 60.2 Å². The van der Waals surface area contributed by atoms with Gasteiger partial charge in [0, 0.05) is 17.3 Å². The Kier molecular flexibility index (Phi) is 3.93. The van der Waals surface area contributed by atoms with Crippen LogP contribution in [-0.4, -0.2) is 16.2 Å². The van der Waals surface area contributed by atoms with Crippen LogP contribution in [0.1, 0.15) is 57.1 Å². The van der Waals surface area contributed by atoms with E-state index in [1.165, 1.54) is 0 Å². The molecule has 1 saturated heterocycles. The number of aromatic nitrogens is 1. The van der Waals surface area contributed by atoms with Crippen molar-refractivity contribution in [1.82, 2.24) is 10.4 Å². The molecule has 1 aromatic rings. The van der Waals surface area contributed by atoms with Crippen LogP contribution in [0.5, 0.6) is 0 Å².